The molecule has 0 aromatic carbocycles. The normalized spacial score (nSPS) is 13.1. The SMILES string of the molecule is CS(=O)C(F)F.O. The van der Waals surface area contributed by atoms with Gasteiger partial charge in [0.1, 0.15) is 0 Å². The van der Waals surface area contributed by atoms with Crippen LogP contribution < -0.4 is 0 Å². The van der Waals surface area contributed by atoms with E-state index in [1.54, 1.807) is 0 Å². The maximum Gasteiger partial charge on any atom is 0.311 e. The van der Waals surface area contributed by atoms with Crippen molar-refractivity contribution in [2.24, 2.45) is 0 Å². The highest BCUT2D eigenvalue weighted by molar-refractivity contribution is 7.84. The summed E-state index contributed by atoms with van der Waals surface area (Å²) in [5, 5.41) is 0. The van der Waals surface area contributed by atoms with Crippen LogP contribution in [0.5, 0.6) is 0 Å². The van der Waals surface area contributed by atoms with Crippen LogP contribution in [0.2, 0.25) is 0 Å². The topological polar surface area (TPSA) is 48.6 Å². The molecule has 0 rings (SSSR count). The van der Waals surface area contributed by atoms with Crippen LogP contribution in [0.4, 0.5) is 8.78 Å². The molecule has 0 saturated carbocycles. The largest absolute Gasteiger partial charge is 0.412 e. The lowest BCUT2D eigenvalue weighted by Crippen LogP contribution is -1.96. The van der Waals surface area contributed by atoms with Gasteiger partial charge in [-0.25, -0.2) is 0 Å². The average molecular weight is 132 g/mol. The number of hydrogen-bond donors (Lipinski definition) is 0. The first-order valence-corrected chi connectivity index (χ1v) is 2.87. The van der Waals surface area contributed by atoms with Gasteiger partial charge in [0, 0.05) is 6.26 Å². The Morgan fingerprint density at radius 2 is 1.71 bits per heavy atom. The summed E-state index contributed by atoms with van der Waals surface area (Å²) in [5.41, 5.74) is 0. The number of rotatable bonds is 1. The van der Waals surface area contributed by atoms with Crippen LogP contribution in [-0.2, 0) is 10.8 Å². The van der Waals surface area contributed by atoms with Crippen LogP contribution in [0.1, 0.15) is 0 Å². The van der Waals surface area contributed by atoms with Gasteiger partial charge >= 0.3 is 5.76 Å². The first-order valence-electron chi connectivity index (χ1n) is 1.25. The molecule has 5 heteroatoms. The first kappa shape index (κ1) is 10.1. The predicted octanol–water partition coefficient (Wildman–Crippen LogP) is -0.237. The second kappa shape index (κ2) is 4.14. The van der Waals surface area contributed by atoms with Crippen molar-refractivity contribution in [2.75, 3.05) is 6.26 Å². The lowest BCUT2D eigenvalue weighted by Gasteiger charge is -1.84. The van der Waals surface area contributed by atoms with Gasteiger partial charge in [-0.15, -0.1) is 0 Å². The van der Waals surface area contributed by atoms with Crippen molar-refractivity contribution in [3.63, 3.8) is 0 Å². The van der Waals surface area contributed by atoms with Crippen LogP contribution in [0.3, 0.4) is 0 Å². The summed E-state index contributed by atoms with van der Waals surface area (Å²) >= 11 is 0. The Balaban J connectivity index is 0. The molecule has 0 amide bonds. The van der Waals surface area contributed by atoms with Crippen molar-refractivity contribution < 1.29 is 18.5 Å². The molecule has 0 aromatic rings. The van der Waals surface area contributed by atoms with Crippen LogP contribution in [0.25, 0.3) is 0 Å². The highest BCUT2D eigenvalue weighted by Gasteiger charge is 2.03. The molecule has 0 aliphatic heterocycles. The van der Waals surface area contributed by atoms with Gasteiger partial charge in [0.2, 0.25) is 0 Å². The van der Waals surface area contributed by atoms with Gasteiger partial charge in [-0.3, -0.25) is 4.21 Å². The fourth-order valence-corrected chi connectivity index (χ4v) is 0. The highest BCUT2D eigenvalue weighted by atomic mass is 32.2. The molecule has 1 atom stereocenters. The lowest BCUT2D eigenvalue weighted by atomic mass is 11.7. The summed E-state index contributed by atoms with van der Waals surface area (Å²) < 4.78 is 31.2. The molecule has 0 aromatic heterocycles. The molecule has 2 nitrogen and oxygen atoms in total. The third-order valence-corrected chi connectivity index (χ3v) is 0.753. The maximum atomic E-state index is 10.9. The van der Waals surface area contributed by atoms with E-state index in [4.69, 9.17) is 0 Å². The van der Waals surface area contributed by atoms with Gasteiger partial charge in [-0.1, -0.05) is 0 Å². The minimum absolute atomic E-state index is 0. The third-order valence-electron chi connectivity index (χ3n) is 0.251. The van der Waals surface area contributed by atoms with Crippen LogP contribution in [0.15, 0.2) is 0 Å². The Kier molecular flexibility index (Phi) is 5.94. The van der Waals surface area contributed by atoms with Crippen LogP contribution in [0, 0.1) is 0 Å². The van der Waals surface area contributed by atoms with E-state index >= 15 is 0 Å². The molecule has 0 aliphatic rings. The highest BCUT2D eigenvalue weighted by Crippen LogP contribution is 1.93. The minimum Gasteiger partial charge on any atom is -0.412 e. The molecule has 0 heterocycles. The zero-order valence-corrected chi connectivity index (χ0v) is 4.47. The fourth-order valence-electron chi connectivity index (χ4n) is 0. The van der Waals surface area contributed by atoms with Gasteiger partial charge in [0.15, 0.2) is 0 Å². The Hall–Kier alpha value is -0.0300. The maximum absolute atomic E-state index is 10.9. The molecular weight excluding hydrogens is 126 g/mol. The smallest absolute Gasteiger partial charge is 0.311 e. The molecule has 0 bridgehead atoms. The monoisotopic (exact) mass is 132 g/mol. The van der Waals surface area contributed by atoms with Crippen molar-refractivity contribution >= 4 is 10.8 Å². The van der Waals surface area contributed by atoms with E-state index in [9.17, 15) is 13.0 Å². The van der Waals surface area contributed by atoms with Gasteiger partial charge in [-0.05, 0) is 0 Å². The van der Waals surface area contributed by atoms with E-state index in [0.29, 0.717) is 0 Å². The molecule has 0 aliphatic carbocycles. The molecule has 46 valence electrons. The van der Waals surface area contributed by atoms with E-state index in [-0.39, 0.29) is 5.48 Å². The molecule has 0 fully saturated rings. The Bertz CT molecular complexity index is 64.7. The number of hydrogen-bond acceptors (Lipinski definition) is 1. The van der Waals surface area contributed by atoms with Crippen LogP contribution in [-0.4, -0.2) is 21.7 Å². The summed E-state index contributed by atoms with van der Waals surface area (Å²) in [5.74, 6) is -2.68. The Morgan fingerprint density at radius 3 is 1.71 bits per heavy atom. The second-order valence-corrected chi connectivity index (χ2v) is 2.11. The average Bonchev–Trinajstić information content (AvgIpc) is 1.36. The summed E-state index contributed by atoms with van der Waals surface area (Å²) in [6, 6.07) is 0. The standard InChI is InChI=1S/C2H4F2OS.H2O/c1-6(5)2(3)4;/h2H,1H3;1H2. The Labute approximate surface area is 42.3 Å². The third kappa shape index (κ3) is 5.97. The van der Waals surface area contributed by atoms with Crippen molar-refractivity contribution in [1.82, 2.24) is 0 Å². The van der Waals surface area contributed by atoms with Gasteiger partial charge in [0.25, 0.3) is 0 Å². The lowest BCUT2D eigenvalue weighted by molar-refractivity contribution is 0.245. The first-order chi connectivity index (χ1) is 2.64. The predicted molar refractivity (Wildman–Crippen MR) is 23.7 cm³/mol. The number of halogens is 2. The summed E-state index contributed by atoms with van der Waals surface area (Å²) in [4.78, 5) is 0. The van der Waals surface area contributed by atoms with Gasteiger partial charge in [-0.2, -0.15) is 8.78 Å². The van der Waals surface area contributed by atoms with Crippen molar-refractivity contribution in [1.29, 1.82) is 0 Å². The number of alkyl halides is 2. The zero-order valence-electron chi connectivity index (χ0n) is 3.65. The molecule has 1 unspecified atom stereocenters. The van der Waals surface area contributed by atoms with E-state index in [0.717, 1.165) is 6.26 Å². The zero-order chi connectivity index (χ0) is 5.15. The summed E-state index contributed by atoms with van der Waals surface area (Å²) in [6.07, 6.45) is 0.963. The van der Waals surface area contributed by atoms with Crippen molar-refractivity contribution in [2.45, 2.75) is 5.76 Å². The van der Waals surface area contributed by atoms with Crippen LogP contribution >= 0.6 is 0 Å². The molecule has 0 saturated heterocycles. The fraction of sp³-hybridized carbons (Fsp3) is 1.00. The molecule has 0 spiro atoms. The van der Waals surface area contributed by atoms with E-state index in [1.165, 1.54) is 0 Å². The van der Waals surface area contributed by atoms with Gasteiger partial charge < -0.3 is 5.48 Å². The Morgan fingerprint density at radius 1 is 1.57 bits per heavy atom. The van der Waals surface area contributed by atoms with Crippen molar-refractivity contribution in [3.05, 3.63) is 0 Å². The van der Waals surface area contributed by atoms with Gasteiger partial charge in [0.05, 0.1) is 10.8 Å². The quantitative estimate of drug-likeness (QED) is 0.485. The summed E-state index contributed by atoms with van der Waals surface area (Å²) in [7, 11) is -1.95. The molecule has 7 heavy (non-hydrogen) atoms. The van der Waals surface area contributed by atoms with E-state index in [2.05, 4.69) is 0 Å². The molecular formula is C2H6F2O2S. The summed E-state index contributed by atoms with van der Waals surface area (Å²) in [6.45, 7) is 0. The minimum atomic E-state index is -2.68. The van der Waals surface area contributed by atoms with E-state index < -0.39 is 16.6 Å². The van der Waals surface area contributed by atoms with Crippen molar-refractivity contribution in [3.8, 4) is 0 Å². The van der Waals surface area contributed by atoms with E-state index in [1.807, 2.05) is 0 Å². The molecule has 2 N–H and O–H groups in total. The second-order valence-electron chi connectivity index (χ2n) is 0.759. The molecule has 0 radical (unpaired) electrons.